The van der Waals surface area contributed by atoms with E-state index in [1.54, 1.807) is 11.8 Å². The van der Waals surface area contributed by atoms with Crippen molar-refractivity contribution < 1.29 is 10.2 Å². The van der Waals surface area contributed by atoms with Gasteiger partial charge in [-0.3, -0.25) is 0 Å². The lowest BCUT2D eigenvalue weighted by atomic mass is 10.4. The number of aliphatic hydroxyl groups is 2. The van der Waals surface area contributed by atoms with Crippen molar-refractivity contribution in [3.05, 3.63) is 12.2 Å². The number of rotatable bonds is 5. The Bertz CT molecular complexity index is 104. The van der Waals surface area contributed by atoms with Crippen LogP contribution in [0.1, 0.15) is 6.92 Å². The Balaban J connectivity index is 3.11. The minimum absolute atomic E-state index is 0.150. The lowest BCUT2D eigenvalue weighted by Gasteiger charge is -2.05. The van der Waals surface area contributed by atoms with Crippen LogP contribution in [0.25, 0.3) is 0 Å². The molecule has 0 aromatic carbocycles. The summed E-state index contributed by atoms with van der Waals surface area (Å²) in [5.74, 6) is 1.44. The highest BCUT2D eigenvalue weighted by molar-refractivity contribution is 7.99. The van der Waals surface area contributed by atoms with Gasteiger partial charge in [-0.15, -0.1) is 0 Å². The Morgan fingerprint density at radius 2 is 2.30 bits per heavy atom. The molecule has 60 valence electrons. The molecule has 0 rings (SSSR count). The van der Waals surface area contributed by atoms with Crippen LogP contribution in [0.4, 0.5) is 0 Å². The van der Waals surface area contributed by atoms with E-state index in [1.165, 1.54) is 0 Å². The average molecular weight is 162 g/mol. The molecule has 0 radical (unpaired) electrons. The Morgan fingerprint density at radius 3 is 2.70 bits per heavy atom. The van der Waals surface area contributed by atoms with Gasteiger partial charge in [-0.1, -0.05) is 12.2 Å². The summed E-state index contributed by atoms with van der Waals surface area (Å²) < 4.78 is 0. The maximum atomic E-state index is 8.87. The maximum absolute atomic E-state index is 8.87. The summed E-state index contributed by atoms with van der Waals surface area (Å²) in [5, 5.41) is 17.3. The van der Waals surface area contributed by atoms with Crippen LogP contribution in [0.5, 0.6) is 0 Å². The Kier molecular flexibility index (Phi) is 5.78. The second-order valence-corrected chi connectivity index (χ2v) is 3.34. The minimum Gasteiger partial charge on any atom is -0.394 e. The van der Waals surface area contributed by atoms with Gasteiger partial charge in [-0.05, 0) is 6.92 Å². The molecule has 0 saturated heterocycles. The topological polar surface area (TPSA) is 40.5 Å². The number of aliphatic hydroxyl groups excluding tert-OH is 2. The second-order valence-electron chi connectivity index (χ2n) is 2.31. The average Bonchev–Trinajstić information content (AvgIpc) is 1.87. The first-order chi connectivity index (χ1) is 4.66. The van der Waals surface area contributed by atoms with E-state index in [4.69, 9.17) is 10.2 Å². The monoisotopic (exact) mass is 162 g/mol. The largest absolute Gasteiger partial charge is 0.394 e. The molecule has 0 aromatic heterocycles. The van der Waals surface area contributed by atoms with Crippen LogP contribution in [0.15, 0.2) is 12.2 Å². The van der Waals surface area contributed by atoms with Gasteiger partial charge in [0.2, 0.25) is 0 Å². The van der Waals surface area contributed by atoms with E-state index in [0.717, 1.165) is 11.3 Å². The van der Waals surface area contributed by atoms with Crippen molar-refractivity contribution in [2.45, 2.75) is 13.0 Å². The Hall–Kier alpha value is 0.01000. The number of thioether (sulfide) groups is 1. The molecule has 2 nitrogen and oxygen atoms in total. The molecule has 10 heavy (non-hydrogen) atoms. The fraction of sp³-hybridized carbons (Fsp3) is 0.714. The fourth-order valence-corrected chi connectivity index (χ4v) is 1.27. The van der Waals surface area contributed by atoms with Gasteiger partial charge in [0.05, 0.1) is 12.7 Å². The normalized spacial score (nSPS) is 13.1. The molecule has 0 aliphatic heterocycles. The molecule has 0 amide bonds. The molecular weight excluding hydrogens is 148 g/mol. The zero-order valence-corrected chi connectivity index (χ0v) is 7.02. The number of hydrogen-bond donors (Lipinski definition) is 2. The minimum atomic E-state index is -0.579. The molecule has 1 atom stereocenters. The van der Waals surface area contributed by atoms with Crippen molar-refractivity contribution in [3.8, 4) is 0 Å². The molecule has 0 aliphatic carbocycles. The van der Waals surface area contributed by atoms with Crippen LogP contribution in [0.2, 0.25) is 0 Å². The molecule has 0 saturated carbocycles. The van der Waals surface area contributed by atoms with Gasteiger partial charge in [0.15, 0.2) is 0 Å². The molecule has 2 N–H and O–H groups in total. The van der Waals surface area contributed by atoms with E-state index in [0.29, 0.717) is 5.75 Å². The quantitative estimate of drug-likeness (QED) is 0.583. The van der Waals surface area contributed by atoms with Crippen LogP contribution in [0.3, 0.4) is 0 Å². The third-order valence-electron chi connectivity index (χ3n) is 0.869. The van der Waals surface area contributed by atoms with Gasteiger partial charge in [-0.2, -0.15) is 11.8 Å². The second kappa shape index (κ2) is 5.77. The van der Waals surface area contributed by atoms with Crippen LogP contribution in [-0.2, 0) is 0 Å². The molecule has 0 aromatic rings. The molecule has 0 bridgehead atoms. The molecule has 0 spiro atoms. The van der Waals surface area contributed by atoms with Crippen molar-refractivity contribution in [1.82, 2.24) is 0 Å². The zero-order valence-electron chi connectivity index (χ0n) is 6.21. The predicted octanol–water partition coefficient (Wildman–Crippen LogP) is 0.649. The predicted molar refractivity (Wildman–Crippen MR) is 45.2 cm³/mol. The first kappa shape index (κ1) is 10.0. The van der Waals surface area contributed by atoms with Crippen molar-refractivity contribution in [1.29, 1.82) is 0 Å². The van der Waals surface area contributed by atoms with E-state index < -0.39 is 6.10 Å². The SMILES string of the molecule is C=C(C)CSCC(O)CO. The van der Waals surface area contributed by atoms with Gasteiger partial charge in [0.25, 0.3) is 0 Å². The van der Waals surface area contributed by atoms with Gasteiger partial charge in [0, 0.05) is 11.5 Å². The van der Waals surface area contributed by atoms with Crippen molar-refractivity contribution in [2.24, 2.45) is 0 Å². The third-order valence-corrected chi connectivity index (χ3v) is 2.19. The van der Waals surface area contributed by atoms with Crippen LogP contribution < -0.4 is 0 Å². The Labute approximate surface area is 66.0 Å². The smallest absolute Gasteiger partial charge is 0.0861 e. The van der Waals surface area contributed by atoms with Gasteiger partial charge in [0.1, 0.15) is 0 Å². The Morgan fingerprint density at radius 1 is 1.70 bits per heavy atom. The summed E-state index contributed by atoms with van der Waals surface area (Å²) in [4.78, 5) is 0. The molecule has 3 heteroatoms. The zero-order chi connectivity index (χ0) is 7.98. The highest BCUT2D eigenvalue weighted by atomic mass is 32.2. The van der Waals surface area contributed by atoms with Crippen molar-refractivity contribution >= 4 is 11.8 Å². The lowest BCUT2D eigenvalue weighted by molar-refractivity contribution is 0.113. The van der Waals surface area contributed by atoms with E-state index >= 15 is 0 Å². The summed E-state index contributed by atoms with van der Waals surface area (Å²) in [6.07, 6.45) is -0.579. The van der Waals surface area contributed by atoms with Crippen LogP contribution in [0, 0.1) is 0 Å². The molecule has 0 aliphatic rings. The standard InChI is InChI=1S/C7H14O2S/c1-6(2)4-10-5-7(9)3-8/h7-9H,1,3-5H2,2H3. The van der Waals surface area contributed by atoms with Crippen molar-refractivity contribution in [3.63, 3.8) is 0 Å². The van der Waals surface area contributed by atoms with Crippen LogP contribution >= 0.6 is 11.8 Å². The molecule has 0 fully saturated rings. The van der Waals surface area contributed by atoms with Gasteiger partial charge < -0.3 is 10.2 Å². The van der Waals surface area contributed by atoms with E-state index in [-0.39, 0.29) is 6.61 Å². The summed E-state index contributed by atoms with van der Waals surface area (Å²) in [5.41, 5.74) is 1.09. The highest BCUT2D eigenvalue weighted by Crippen LogP contribution is 2.06. The summed E-state index contributed by atoms with van der Waals surface area (Å²) >= 11 is 1.58. The fourth-order valence-electron chi connectivity index (χ4n) is 0.422. The summed E-state index contributed by atoms with van der Waals surface area (Å²) in [6, 6.07) is 0. The van der Waals surface area contributed by atoms with E-state index in [2.05, 4.69) is 6.58 Å². The summed E-state index contributed by atoms with van der Waals surface area (Å²) in [7, 11) is 0. The molecule has 1 unspecified atom stereocenters. The van der Waals surface area contributed by atoms with Crippen LogP contribution in [-0.4, -0.2) is 34.4 Å². The molecular formula is C7H14O2S. The highest BCUT2D eigenvalue weighted by Gasteiger charge is 2.00. The number of hydrogen-bond acceptors (Lipinski definition) is 3. The lowest BCUT2D eigenvalue weighted by Crippen LogP contribution is -2.14. The van der Waals surface area contributed by atoms with E-state index in [9.17, 15) is 0 Å². The maximum Gasteiger partial charge on any atom is 0.0861 e. The van der Waals surface area contributed by atoms with Gasteiger partial charge in [-0.25, -0.2) is 0 Å². The third kappa shape index (κ3) is 6.13. The van der Waals surface area contributed by atoms with E-state index in [1.807, 2.05) is 6.92 Å². The first-order valence-electron chi connectivity index (χ1n) is 3.18. The summed E-state index contributed by atoms with van der Waals surface area (Å²) in [6.45, 7) is 5.51. The van der Waals surface area contributed by atoms with Crippen molar-refractivity contribution in [2.75, 3.05) is 18.1 Å². The molecule has 0 heterocycles. The first-order valence-corrected chi connectivity index (χ1v) is 4.33. The van der Waals surface area contributed by atoms with Gasteiger partial charge >= 0.3 is 0 Å².